The first-order chi connectivity index (χ1) is 9.37. The summed E-state index contributed by atoms with van der Waals surface area (Å²) in [4.78, 5) is 8.84. The quantitative estimate of drug-likeness (QED) is 0.613. The summed E-state index contributed by atoms with van der Waals surface area (Å²) < 4.78 is 24.3. The van der Waals surface area contributed by atoms with E-state index in [1.54, 1.807) is 0 Å². The first-order valence-corrected chi connectivity index (χ1v) is 8.50. The van der Waals surface area contributed by atoms with Gasteiger partial charge in [-0.25, -0.2) is 23.1 Å². The molecule has 0 aliphatic carbocycles. The number of aromatic nitrogens is 2. The molecule has 1 heterocycles. The molecule has 114 valence electrons. The Balaban J connectivity index is 2.59. The molecule has 0 fully saturated rings. The van der Waals surface area contributed by atoms with Gasteiger partial charge in [-0.05, 0) is 13.3 Å². The Hall–Kier alpha value is -1.41. The monoisotopic (exact) mass is 301 g/mol. The number of rotatable bonds is 8. The van der Waals surface area contributed by atoms with E-state index in [4.69, 9.17) is 0 Å². The van der Waals surface area contributed by atoms with Crippen LogP contribution in [0.3, 0.4) is 0 Å². The first kappa shape index (κ1) is 16.6. The van der Waals surface area contributed by atoms with Crippen LogP contribution >= 0.6 is 0 Å². The highest BCUT2D eigenvalue weighted by atomic mass is 32.2. The molecule has 0 aliphatic heterocycles. The molecule has 0 bridgehead atoms. The number of hydrogen-bond acceptors (Lipinski definition) is 6. The summed E-state index contributed by atoms with van der Waals surface area (Å²) in [5.41, 5.74) is 0.959. The fourth-order valence-electron chi connectivity index (χ4n) is 1.69. The minimum Gasteiger partial charge on any atom is -0.373 e. The number of aryl methyl sites for hydroxylation is 1. The third kappa shape index (κ3) is 5.30. The Bertz CT molecular complexity index is 545. The van der Waals surface area contributed by atoms with E-state index in [0.717, 1.165) is 35.7 Å². The maximum atomic E-state index is 10.9. The summed E-state index contributed by atoms with van der Waals surface area (Å²) in [6.07, 6.45) is 2.61. The zero-order chi connectivity index (χ0) is 15.2. The molecule has 7 nitrogen and oxygen atoms in total. The lowest BCUT2D eigenvalue weighted by molar-refractivity contribution is 0.586. The maximum absolute atomic E-state index is 10.9. The third-order valence-electron chi connectivity index (χ3n) is 2.76. The third-order valence-corrected chi connectivity index (χ3v) is 3.48. The Morgan fingerprint density at radius 3 is 2.35 bits per heavy atom. The van der Waals surface area contributed by atoms with Gasteiger partial charge in [0.2, 0.25) is 10.0 Å². The van der Waals surface area contributed by atoms with Crippen molar-refractivity contribution in [1.29, 1.82) is 0 Å². The maximum Gasteiger partial charge on any atom is 0.208 e. The van der Waals surface area contributed by atoms with Crippen LogP contribution in [0.4, 0.5) is 11.6 Å². The highest BCUT2D eigenvalue weighted by molar-refractivity contribution is 7.88. The van der Waals surface area contributed by atoms with Gasteiger partial charge in [-0.3, -0.25) is 0 Å². The number of hydrogen-bond donors (Lipinski definition) is 3. The van der Waals surface area contributed by atoms with E-state index in [2.05, 4.69) is 25.3 Å². The molecule has 8 heteroatoms. The molecule has 0 atom stereocenters. The average Bonchev–Trinajstić information content (AvgIpc) is 2.38. The van der Waals surface area contributed by atoms with Gasteiger partial charge < -0.3 is 10.6 Å². The lowest BCUT2D eigenvalue weighted by atomic mass is 10.3. The number of sulfonamides is 1. The minimum atomic E-state index is -3.11. The molecule has 0 saturated heterocycles. The SMILES string of the molecule is CCc1nc(NC)c(C)c(NCCCNS(C)(=O)=O)n1. The summed E-state index contributed by atoms with van der Waals surface area (Å²) in [5, 5.41) is 6.27. The van der Waals surface area contributed by atoms with Crippen molar-refractivity contribution in [3.8, 4) is 0 Å². The number of nitrogens with zero attached hydrogens (tertiary/aromatic N) is 2. The lowest BCUT2D eigenvalue weighted by Crippen LogP contribution is -2.24. The van der Waals surface area contributed by atoms with Crippen LogP contribution in [0.2, 0.25) is 0 Å². The van der Waals surface area contributed by atoms with Crippen LogP contribution in [0, 0.1) is 6.92 Å². The van der Waals surface area contributed by atoms with E-state index in [-0.39, 0.29) is 0 Å². The van der Waals surface area contributed by atoms with Crippen molar-refractivity contribution in [2.75, 3.05) is 37.0 Å². The van der Waals surface area contributed by atoms with Crippen molar-refractivity contribution in [3.05, 3.63) is 11.4 Å². The van der Waals surface area contributed by atoms with Gasteiger partial charge in [0.15, 0.2) is 0 Å². The van der Waals surface area contributed by atoms with Crippen LogP contribution in [0.15, 0.2) is 0 Å². The molecule has 0 amide bonds. The van der Waals surface area contributed by atoms with Crippen LogP contribution in [-0.2, 0) is 16.4 Å². The van der Waals surface area contributed by atoms with Crippen molar-refractivity contribution in [3.63, 3.8) is 0 Å². The van der Waals surface area contributed by atoms with Gasteiger partial charge in [0.1, 0.15) is 17.5 Å². The van der Waals surface area contributed by atoms with Gasteiger partial charge in [0.25, 0.3) is 0 Å². The topological polar surface area (TPSA) is 96.0 Å². The molecule has 1 rings (SSSR count). The highest BCUT2D eigenvalue weighted by Crippen LogP contribution is 2.19. The molecule has 0 spiro atoms. The normalized spacial score (nSPS) is 11.4. The second kappa shape index (κ2) is 7.39. The van der Waals surface area contributed by atoms with Crippen molar-refractivity contribution < 1.29 is 8.42 Å². The van der Waals surface area contributed by atoms with Gasteiger partial charge in [-0.2, -0.15) is 0 Å². The van der Waals surface area contributed by atoms with Crippen LogP contribution in [0.25, 0.3) is 0 Å². The smallest absolute Gasteiger partial charge is 0.208 e. The van der Waals surface area contributed by atoms with E-state index in [0.29, 0.717) is 19.5 Å². The Kier molecular flexibility index (Phi) is 6.15. The zero-order valence-corrected chi connectivity index (χ0v) is 13.3. The van der Waals surface area contributed by atoms with Gasteiger partial charge in [-0.15, -0.1) is 0 Å². The highest BCUT2D eigenvalue weighted by Gasteiger charge is 2.08. The van der Waals surface area contributed by atoms with Crippen LogP contribution < -0.4 is 15.4 Å². The molecule has 0 radical (unpaired) electrons. The summed E-state index contributed by atoms with van der Waals surface area (Å²) in [6, 6.07) is 0. The molecular formula is C12H23N5O2S. The fraction of sp³-hybridized carbons (Fsp3) is 0.667. The van der Waals surface area contributed by atoms with Crippen molar-refractivity contribution in [2.24, 2.45) is 0 Å². The predicted molar refractivity (Wildman–Crippen MR) is 81.6 cm³/mol. The molecule has 1 aromatic heterocycles. The molecular weight excluding hydrogens is 278 g/mol. The van der Waals surface area contributed by atoms with E-state index in [1.807, 2.05) is 20.9 Å². The minimum absolute atomic E-state index is 0.412. The van der Waals surface area contributed by atoms with Crippen LogP contribution in [-0.4, -0.2) is 44.8 Å². The number of nitrogens with one attached hydrogen (secondary N) is 3. The van der Waals surface area contributed by atoms with E-state index >= 15 is 0 Å². The molecule has 20 heavy (non-hydrogen) atoms. The second-order valence-electron chi connectivity index (χ2n) is 4.51. The lowest BCUT2D eigenvalue weighted by Gasteiger charge is -2.13. The molecule has 0 aliphatic rings. The van der Waals surface area contributed by atoms with Gasteiger partial charge in [0, 0.05) is 32.1 Å². The summed E-state index contributed by atoms with van der Waals surface area (Å²) in [6.45, 7) is 5.01. The van der Waals surface area contributed by atoms with E-state index in [9.17, 15) is 8.42 Å². The van der Waals surface area contributed by atoms with Crippen LogP contribution in [0.1, 0.15) is 24.7 Å². The Labute approximate surface area is 120 Å². The largest absolute Gasteiger partial charge is 0.373 e. The molecule has 0 saturated carbocycles. The molecule has 1 aromatic rings. The molecule has 0 unspecified atom stereocenters. The van der Waals surface area contributed by atoms with Gasteiger partial charge in [-0.1, -0.05) is 6.92 Å². The summed E-state index contributed by atoms with van der Waals surface area (Å²) >= 11 is 0. The summed E-state index contributed by atoms with van der Waals surface area (Å²) in [7, 11) is -1.28. The Morgan fingerprint density at radius 2 is 1.80 bits per heavy atom. The van der Waals surface area contributed by atoms with Gasteiger partial charge >= 0.3 is 0 Å². The van der Waals surface area contributed by atoms with E-state index < -0.39 is 10.0 Å². The van der Waals surface area contributed by atoms with Crippen molar-refractivity contribution >= 4 is 21.7 Å². The molecule has 0 aromatic carbocycles. The Morgan fingerprint density at radius 1 is 1.15 bits per heavy atom. The van der Waals surface area contributed by atoms with Crippen LogP contribution in [0.5, 0.6) is 0 Å². The second-order valence-corrected chi connectivity index (χ2v) is 6.35. The predicted octanol–water partition coefficient (Wildman–Crippen LogP) is 0.740. The standard InChI is InChI=1S/C12H23N5O2S/c1-5-10-16-11(13-3)9(2)12(17-10)14-7-6-8-15-20(4,18)19/h15H,5-8H2,1-4H3,(H2,13,14,16,17). The average molecular weight is 301 g/mol. The summed E-state index contributed by atoms with van der Waals surface area (Å²) in [5.74, 6) is 2.38. The van der Waals surface area contributed by atoms with Crippen molar-refractivity contribution in [2.45, 2.75) is 26.7 Å². The molecule has 3 N–H and O–H groups in total. The first-order valence-electron chi connectivity index (χ1n) is 6.61. The number of anilines is 2. The fourth-order valence-corrected chi connectivity index (χ4v) is 2.20. The zero-order valence-electron chi connectivity index (χ0n) is 12.4. The van der Waals surface area contributed by atoms with Crippen molar-refractivity contribution in [1.82, 2.24) is 14.7 Å². The van der Waals surface area contributed by atoms with E-state index in [1.165, 1.54) is 0 Å². The van der Waals surface area contributed by atoms with Gasteiger partial charge in [0.05, 0.1) is 6.26 Å².